The monoisotopic (exact) mass is 206 g/mol. The number of rotatable bonds is 2. The highest BCUT2D eigenvalue weighted by Crippen LogP contribution is 2.35. The second-order valence-corrected chi connectivity index (χ2v) is 6.66. The van der Waals surface area contributed by atoms with Crippen LogP contribution in [-0.4, -0.2) is 25.6 Å². The molecule has 1 rings (SSSR count). The van der Waals surface area contributed by atoms with Crippen LogP contribution in [0.5, 0.6) is 0 Å². The summed E-state index contributed by atoms with van der Waals surface area (Å²) in [6, 6.07) is 0. The van der Waals surface area contributed by atoms with Crippen LogP contribution in [0.3, 0.4) is 0 Å². The number of thioether (sulfide) groups is 1. The minimum absolute atomic E-state index is 0.130. The summed E-state index contributed by atoms with van der Waals surface area (Å²) in [6.07, 6.45) is 1.47. The first-order valence-electron chi connectivity index (χ1n) is 4.17. The highest BCUT2D eigenvalue weighted by Gasteiger charge is 2.40. The fourth-order valence-electron chi connectivity index (χ4n) is 1.25. The van der Waals surface area contributed by atoms with E-state index in [1.54, 1.807) is 11.8 Å². The average molecular weight is 206 g/mol. The summed E-state index contributed by atoms with van der Waals surface area (Å²) in [5.41, 5.74) is 0. The zero-order valence-corrected chi connectivity index (χ0v) is 9.09. The molecule has 0 bridgehead atoms. The smallest absolute Gasteiger partial charge is 0.160 e. The minimum atomic E-state index is -0.960. The zero-order chi connectivity index (χ0) is 9.19. The predicted molar refractivity (Wildman–Crippen MR) is 53.8 cm³/mol. The molecule has 1 aliphatic heterocycles. The Hall–Kier alpha value is 0.170. The quantitative estimate of drug-likeness (QED) is 0.687. The van der Waals surface area contributed by atoms with Crippen molar-refractivity contribution in [2.45, 2.75) is 30.8 Å². The van der Waals surface area contributed by atoms with Gasteiger partial charge in [-0.25, -0.2) is 0 Å². The van der Waals surface area contributed by atoms with Crippen molar-refractivity contribution in [3.05, 3.63) is 0 Å². The third-order valence-corrected chi connectivity index (χ3v) is 6.05. The highest BCUT2D eigenvalue weighted by atomic mass is 32.2. The van der Waals surface area contributed by atoms with Crippen molar-refractivity contribution < 1.29 is 9.00 Å². The Balaban J connectivity index is 2.79. The van der Waals surface area contributed by atoms with Gasteiger partial charge < -0.3 is 0 Å². The SMILES string of the molecule is CCC(=O)[C@@]1(C)SCCCS1=O. The van der Waals surface area contributed by atoms with Crippen molar-refractivity contribution in [2.24, 2.45) is 0 Å². The molecule has 12 heavy (non-hydrogen) atoms. The van der Waals surface area contributed by atoms with Crippen molar-refractivity contribution in [3.8, 4) is 0 Å². The second kappa shape index (κ2) is 3.92. The summed E-state index contributed by atoms with van der Waals surface area (Å²) in [7, 11) is -0.960. The molecule has 0 amide bonds. The average Bonchev–Trinajstić information content (AvgIpc) is 2.09. The number of Topliss-reactive ketones (excluding diaryl/α,β-unsaturated/α-hetero) is 1. The summed E-state index contributed by atoms with van der Waals surface area (Å²) in [5, 5.41) is 0. The van der Waals surface area contributed by atoms with Crippen LogP contribution in [0.2, 0.25) is 0 Å². The summed E-state index contributed by atoms with van der Waals surface area (Å²) < 4.78 is 11.0. The van der Waals surface area contributed by atoms with Gasteiger partial charge in [-0.1, -0.05) is 6.92 Å². The van der Waals surface area contributed by atoms with Crippen molar-refractivity contribution in [2.75, 3.05) is 11.5 Å². The molecule has 4 heteroatoms. The maximum absolute atomic E-state index is 11.6. The number of hydrogen-bond donors (Lipinski definition) is 0. The zero-order valence-electron chi connectivity index (χ0n) is 7.46. The minimum Gasteiger partial charge on any atom is -0.297 e. The Morgan fingerprint density at radius 3 is 2.83 bits per heavy atom. The molecule has 1 fully saturated rings. The lowest BCUT2D eigenvalue weighted by molar-refractivity contribution is -0.118. The lowest BCUT2D eigenvalue weighted by atomic mass is 10.2. The van der Waals surface area contributed by atoms with Gasteiger partial charge in [0.2, 0.25) is 0 Å². The Morgan fingerprint density at radius 2 is 2.33 bits per heavy atom. The van der Waals surface area contributed by atoms with E-state index in [1.165, 1.54) is 0 Å². The first-order valence-corrected chi connectivity index (χ1v) is 6.47. The summed E-state index contributed by atoms with van der Waals surface area (Å²) in [4.78, 5) is 11.5. The largest absolute Gasteiger partial charge is 0.297 e. The van der Waals surface area contributed by atoms with Crippen molar-refractivity contribution >= 4 is 28.3 Å². The molecule has 70 valence electrons. The molecule has 1 heterocycles. The fraction of sp³-hybridized carbons (Fsp3) is 0.875. The van der Waals surface area contributed by atoms with E-state index in [0.29, 0.717) is 12.2 Å². The molecular formula is C8H14O2S2. The van der Waals surface area contributed by atoms with E-state index in [2.05, 4.69) is 0 Å². The molecule has 0 radical (unpaired) electrons. The van der Waals surface area contributed by atoms with Crippen molar-refractivity contribution in [3.63, 3.8) is 0 Å². The molecule has 0 aromatic heterocycles. The summed E-state index contributed by atoms with van der Waals surface area (Å²) in [5.74, 6) is 1.79. The van der Waals surface area contributed by atoms with Crippen LogP contribution in [-0.2, 0) is 15.6 Å². The lowest BCUT2D eigenvalue weighted by Crippen LogP contribution is -2.40. The molecule has 2 nitrogen and oxygen atoms in total. The molecule has 0 aromatic rings. The highest BCUT2D eigenvalue weighted by molar-refractivity contribution is 8.14. The normalized spacial score (nSPS) is 36.3. The lowest BCUT2D eigenvalue weighted by Gasteiger charge is -2.30. The van der Waals surface area contributed by atoms with E-state index in [0.717, 1.165) is 12.2 Å². The number of hydrogen-bond acceptors (Lipinski definition) is 3. The molecule has 0 aliphatic carbocycles. The van der Waals surface area contributed by atoms with Crippen molar-refractivity contribution in [1.82, 2.24) is 0 Å². The van der Waals surface area contributed by atoms with E-state index >= 15 is 0 Å². The van der Waals surface area contributed by atoms with Gasteiger partial charge in [-0.2, -0.15) is 0 Å². The van der Waals surface area contributed by atoms with E-state index in [1.807, 2.05) is 13.8 Å². The van der Waals surface area contributed by atoms with Crippen LogP contribution in [0, 0.1) is 0 Å². The second-order valence-electron chi connectivity index (χ2n) is 2.97. The van der Waals surface area contributed by atoms with Crippen LogP contribution < -0.4 is 0 Å². The van der Waals surface area contributed by atoms with Crippen LogP contribution in [0.1, 0.15) is 26.7 Å². The fourth-order valence-corrected chi connectivity index (χ4v) is 4.63. The predicted octanol–water partition coefficient (Wildman–Crippen LogP) is 1.57. The van der Waals surface area contributed by atoms with E-state index in [4.69, 9.17) is 0 Å². The third-order valence-electron chi connectivity index (χ3n) is 2.11. The number of ketones is 1. The Bertz CT molecular complexity index is 205. The van der Waals surface area contributed by atoms with Crippen molar-refractivity contribution in [1.29, 1.82) is 0 Å². The molecule has 0 saturated carbocycles. The molecule has 2 atom stereocenters. The van der Waals surface area contributed by atoms with Gasteiger partial charge in [-0.15, -0.1) is 11.8 Å². The van der Waals surface area contributed by atoms with Crippen LogP contribution in [0.4, 0.5) is 0 Å². The van der Waals surface area contributed by atoms with Gasteiger partial charge in [0.15, 0.2) is 5.78 Å². The Morgan fingerprint density at radius 1 is 1.67 bits per heavy atom. The Kier molecular flexibility index (Phi) is 3.35. The maximum Gasteiger partial charge on any atom is 0.160 e. The number of carbonyl (C=O) groups excluding carboxylic acids is 1. The Labute approximate surface area is 79.9 Å². The molecule has 0 N–H and O–H groups in total. The van der Waals surface area contributed by atoms with E-state index in [9.17, 15) is 9.00 Å². The van der Waals surface area contributed by atoms with Crippen LogP contribution in [0.25, 0.3) is 0 Å². The topological polar surface area (TPSA) is 34.1 Å². The molecule has 0 spiro atoms. The molecule has 1 unspecified atom stereocenters. The van der Waals surface area contributed by atoms with Gasteiger partial charge in [0.1, 0.15) is 4.08 Å². The third kappa shape index (κ3) is 1.74. The summed E-state index contributed by atoms with van der Waals surface area (Å²) in [6.45, 7) is 3.65. The summed E-state index contributed by atoms with van der Waals surface area (Å²) >= 11 is 1.56. The molecule has 1 saturated heterocycles. The van der Waals surface area contributed by atoms with Gasteiger partial charge in [-0.05, 0) is 19.1 Å². The van der Waals surface area contributed by atoms with Crippen LogP contribution >= 0.6 is 11.8 Å². The van der Waals surface area contributed by atoms with Gasteiger partial charge in [0.25, 0.3) is 0 Å². The van der Waals surface area contributed by atoms with E-state index in [-0.39, 0.29) is 5.78 Å². The number of carbonyl (C=O) groups is 1. The van der Waals surface area contributed by atoms with Gasteiger partial charge in [-0.3, -0.25) is 9.00 Å². The van der Waals surface area contributed by atoms with Gasteiger partial charge >= 0.3 is 0 Å². The standard InChI is InChI=1S/C8H14O2S2/c1-3-7(9)8(2)11-5-4-6-12(8)10/h3-6H2,1-2H3/t8-,12?/m0/s1. The molecule has 1 aliphatic rings. The first kappa shape index (κ1) is 10.3. The molecule has 0 aromatic carbocycles. The van der Waals surface area contributed by atoms with Gasteiger partial charge in [0, 0.05) is 23.0 Å². The molecular weight excluding hydrogens is 192 g/mol. The van der Waals surface area contributed by atoms with Crippen LogP contribution in [0.15, 0.2) is 0 Å². The van der Waals surface area contributed by atoms with E-state index < -0.39 is 14.9 Å². The maximum atomic E-state index is 11.6. The van der Waals surface area contributed by atoms with Gasteiger partial charge in [0.05, 0.1) is 0 Å². The first-order chi connectivity index (χ1) is 5.61.